The monoisotopic (exact) mass is 242 g/mol. The van der Waals surface area contributed by atoms with Crippen LogP contribution in [-0.2, 0) is 19.1 Å². The summed E-state index contributed by atoms with van der Waals surface area (Å²) in [5.41, 5.74) is 0. The summed E-state index contributed by atoms with van der Waals surface area (Å²) in [7, 11) is 1.39. The van der Waals surface area contributed by atoms with E-state index < -0.39 is 36.2 Å². The molecule has 2 amide bonds. The van der Waals surface area contributed by atoms with Gasteiger partial charge in [0, 0.05) is 20.5 Å². The molecule has 1 N–H and O–H groups in total. The molecule has 0 spiro atoms. The van der Waals surface area contributed by atoms with Gasteiger partial charge in [-0.05, 0) is 6.42 Å². The van der Waals surface area contributed by atoms with Crippen molar-refractivity contribution in [3.05, 3.63) is 0 Å². The van der Waals surface area contributed by atoms with E-state index in [1.54, 1.807) is 0 Å². The largest absolute Gasteiger partial charge is 0.432 e. The first kappa shape index (κ1) is 11.8. The SMILES string of the molecule is CC(=O)O[C@@H]1C(=O)N2CC[C@H](O)[C@H]2C(=O)N1C. The summed E-state index contributed by atoms with van der Waals surface area (Å²) in [6.45, 7) is 1.48. The second-order valence-electron chi connectivity index (χ2n) is 4.24. The van der Waals surface area contributed by atoms with E-state index in [2.05, 4.69) is 0 Å². The van der Waals surface area contributed by atoms with Gasteiger partial charge in [-0.1, -0.05) is 0 Å². The summed E-state index contributed by atoms with van der Waals surface area (Å²) >= 11 is 0. The van der Waals surface area contributed by atoms with Crippen LogP contribution >= 0.6 is 0 Å². The lowest BCUT2D eigenvalue weighted by molar-refractivity contribution is -0.185. The number of ether oxygens (including phenoxy) is 1. The summed E-state index contributed by atoms with van der Waals surface area (Å²) in [6, 6.07) is -0.834. The molecule has 0 saturated carbocycles. The molecule has 0 aliphatic carbocycles. The predicted molar refractivity (Wildman–Crippen MR) is 54.4 cm³/mol. The highest BCUT2D eigenvalue weighted by Crippen LogP contribution is 2.26. The topological polar surface area (TPSA) is 87.1 Å². The molecule has 17 heavy (non-hydrogen) atoms. The van der Waals surface area contributed by atoms with Gasteiger partial charge in [0.05, 0.1) is 6.10 Å². The number of carbonyl (C=O) groups excluding carboxylic acids is 3. The summed E-state index contributed by atoms with van der Waals surface area (Å²) in [6.07, 6.45) is -1.68. The molecule has 0 unspecified atom stereocenters. The molecule has 0 aromatic rings. The molecule has 2 aliphatic heterocycles. The van der Waals surface area contributed by atoms with Gasteiger partial charge in [-0.3, -0.25) is 14.4 Å². The average Bonchev–Trinajstić information content (AvgIpc) is 2.63. The van der Waals surface area contributed by atoms with Gasteiger partial charge in [0.15, 0.2) is 0 Å². The van der Waals surface area contributed by atoms with Crippen LogP contribution in [0.1, 0.15) is 13.3 Å². The number of amides is 2. The molecule has 3 atom stereocenters. The van der Waals surface area contributed by atoms with Crippen LogP contribution in [0.5, 0.6) is 0 Å². The minimum atomic E-state index is -1.21. The molecule has 0 aromatic heterocycles. The Morgan fingerprint density at radius 3 is 2.65 bits per heavy atom. The van der Waals surface area contributed by atoms with E-state index in [9.17, 15) is 19.5 Å². The Morgan fingerprint density at radius 2 is 2.06 bits per heavy atom. The van der Waals surface area contributed by atoms with Crippen LogP contribution in [0.4, 0.5) is 0 Å². The fourth-order valence-electron chi connectivity index (χ4n) is 2.24. The van der Waals surface area contributed by atoms with Crippen molar-refractivity contribution in [1.29, 1.82) is 0 Å². The number of aliphatic hydroxyl groups is 1. The van der Waals surface area contributed by atoms with E-state index in [0.29, 0.717) is 13.0 Å². The number of fused-ring (bicyclic) bond motifs is 1. The van der Waals surface area contributed by atoms with Gasteiger partial charge in [0.2, 0.25) is 0 Å². The predicted octanol–water partition coefficient (Wildman–Crippen LogP) is -1.69. The quantitative estimate of drug-likeness (QED) is 0.554. The first-order chi connectivity index (χ1) is 7.93. The van der Waals surface area contributed by atoms with Crippen molar-refractivity contribution in [2.45, 2.75) is 31.7 Å². The zero-order valence-corrected chi connectivity index (χ0v) is 9.62. The van der Waals surface area contributed by atoms with Gasteiger partial charge in [-0.25, -0.2) is 0 Å². The number of hydrogen-bond acceptors (Lipinski definition) is 5. The Labute approximate surface area is 97.9 Å². The molecular weight excluding hydrogens is 228 g/mol. The van der Waals surface area contributed by atoms with Crippen molar-refractivity contribution >= 4 is 17.8 Å². The van der Waals surface area contributed by atoms with Crippen LogP contribution in [0.25, 0.3) is 0 Å². The van der Waals surface area contributed by atoms with Gasteiger partial charge >= 0.3 is 5.97 Å². The standard InChI is InChI=1S/C10H14N2O5/c1-5(13)17-10-9(16)12-4-3-6(14)7(12)8(15)11(10)2/h6-7,10,14H,3-4H2,1-2H3/t6-,7-,10+/m0/s1. The third kappa shape index (κ3) is 1.76. The second kappa shape index (κ2) is 3.99. The van der Waals surface area contributed by atoms with Crippen LogP contribution in [0, 0.1) is 0 Å². The molecule has 0 radical (unpaired) electrons. The van der Waals surface area contributed by atoms with Gasteiger partial charge in [0.25, 0.3) is 18.0 Å². The van der Waals surface area contributed by atoms with E-state index in [1.807, 2.05) is 0 Å². The Morgan fingerprint density at radius 1 is 1.41 bits per heavy atom. The van der Waals surface area contributed by atoms with Crippen LogP contribution in [0.2, 0.25) is 0 Å². The second-order valence-corrected chi connectivity index (χ2v) is 4.24. The summed E-state index contributed by atoms with van der Waals surface area (Å²) in [4.78, 5) is 37.2. The van der Waals surface area contributed by atoms with Crippen molar-refractivity contribution < 1.29 is 24.2 Å². The third-order valence-corrected chi connectivity index (χ3v) is 3.09. The number of aliphatic hydroxyl groups excluding tert-OH is 1. The Kier molecular flexibility index (Phi) is 2.78. The highest BCUT2D eigenvalue weighted by atomic mass is 16.6. The number of esters is 1. The van der Waals surface area contributed by atoms with Crippen molar-refractivity contribution in [2.24, 2.45) is 0 Å². The smallest absolute Gasteiger partial charge is 0.304 e. The molecule has 0 bridgehead atoms. The molecule has 0 aromatic carbocycles. The van der Waals surface area contributed by atoms with E-state index in [1.165, 1.54) is 18.9 Å². The Balaban J connectivity index is 2.26. The normalized spacial score (nSPS) is 32.8. The minimum Gasteiger partial charge on any atom is -0.432 e. The number of likely N-dealkylation sites (N-methyl/N-ethyl adjacent to an activating group) is 1. The van der Waals surface area contributed by atoms with Gasteiger partial charge in [0.1, 0.15) is 6.04 Å². The summed E-state index contributed by atoms with van der Waals surface area (Å²) < 4.78 is 4.82. The summed E-state index contributed by atoms with van der Waals surface area (Å²) in [5.74, 6) is -1.48. The fraction of sp³-hybridized carbons (Fsp3) is 0.700. The van der Waals surface area contributed by atoms with E-state index in [-0.39, 0.29) is 0 Å². The van der Waals surface area contributed by atoms with Crippen LogP contribution in [0.15, 0.2) is 0 Å². The van der Waals surface area contributed by atoms with Gasteiger partial charge in [-0.2, -0.15) is 0 Å². The van der Waals surface area contributed by atoms with Crippen molar-refractivity contribution in [2.75, 3.05) is 13.6 Å². The lowest BCUT2D eigenvalue weighted by Crippen LogP contribution is -2.64. The average molecular weight is 242 g/mol. The highest BCUT2D eigenvalue weighted by molar-refractivity contribution is 5.97. The molecule has 2 fully saturated rings. The van der Waals surface area contributed by atoms with Crippen molar-refractivity contribution in [3.8, 4) is 0 Å². The first-order valence-corrected chi connectivity index (χ1v) is 5.36. The maximum Gasteiger partial charge on any atom is 0.304 e. The van der Waals surface area contributed by atoms with Crippen LogP contribution in [0.3, 0.4) is 0 Å². The van der Waals surface area contributed by atoms with Crippen LogP contribution < -0.4 is 0 Å². The number of piperazine rings is 1. The summed E-state index contributed by atoms with van der Waals surface area (Å²) in [5, 5.41) is 9.65. The number of rotatable bonds is 1. The fourth-order valence-corrected chi connectivity index (χ4v) is 2.24. The molecular formula is C10H14N2O5. The van der Waals surface area contributed by atoms with Gasteiger partial charge < -0.3 is 19.6 Å². The molecule has 7 nitrogen and oxygen atoms in total. The highest BCUT2D eigenvalue weighted by Gasteiger charge is 2.51. The molecule has 2 rings (SSSR count). The molecule has 2 aliphatic rings. The third-order valence-electron chi connectivity index (χ3n) is 3.09. The minimum absolute atomic E-state index is 0.308. The maximum atomic E-state index is 12.0. The Bertz CT molecular complexity index is 383. The zero-order chi connectivity index (χ0) is 12.7. The molecule has 2 saturated heterocycles. The van der Waals surface area contributed by atoms with Gasteiger partial charge in [-0.15, -0.1) is 0 Å². The molecule has 94 valence electrons. The lowest BCUT2D eigenvalue weighted by Gasteiger charge is -2.39. The van der Waals surface area contributed by atoms with Crippen molar-refractivity contribution in [3.63, 3.8) is 0 Å². The Hall–Kier alpha value is -1.63. The number of carbonyl (C=O) groups is 3. The van der Waals surface area contributed by atoms with E-state index in [0.717, 1.165) is 4.90 Å². The van der Waals surface area contributed by atoms with Crippen LogP contribution in [-0.4, -0.2) is 64.7 Å². The molecule has 7 heteroatoms. The van der Waals surface area contributed by atoms with E-state index in [4.69, 9.17) is 4.74 Å². The number of hydrogen-bond donors (Lipinski definition) is 1. The first-order valence-electron chi connectivity index (χ1n) is 5.36. The van der Waals surface area contributed by atoms with E-state index >= 15 is 0 Å². The van der Waals surface area contributed by atoms with Crippen molar-refractivity contribution in [1.82, 2.24) is 9.80 Å². The maximum absolute atomic E-state index is 12.0. The number of nitrogens with zero attached hydrogens (tertiary/aromatic N) is 2. The molecule has 2 heterocycles. The lowest BCUT2D eigenvalue weighted by atomic mass is 10.1. The zero-order valence-electron chi connectivity index (χ0n) is 9.62.